The fourth-order valence-electron chi connectivity index (χ4n) is 0.931. The van der Waals surface area contributed by atoms with Crippen LogP contribution in [-0.2, 0) is 0 Å². The number of aromatic nitrogens is 2. The zero-order valence-electron chi connectivity index (χ0n) is 8.40. The summed E-state index contributed by atoms with van der Waals surface area (Å²) in [6, 6.07) is 2.06. The highest BCUT2D eigenvalue weighted by molar-refractivity contribution is 5.49. The number of anilines is 1. The first kappa shape index (κ1) is 10.3. The molecule has 0 aliphatic rings. The second-order valence-electron chi connectivity index (χ2n) is 3.01. The van der Waals surface area contributed by atoms with Crippen molar-refractivity contribution in [1.29, 1.82) is 0 Å². The molecule has 0 bridgehead atoms. The number of rotatable bonds is 3. The Morgan fingerprint density at radius 1 is 1.50 bits per heavy atom. The third kappa shape index (κ3) is 2.59. The molecular weight excluding hydrogens is 180 g/mol. The Bertz CT molecular complexity index is 356. The van der Waals surface area contributed by atoms with E-state index in [9.17, 15) is 0 Å². The standard InChI is InChI=1S/C9H12N4O/c1-6(2)11-8-5-7(10-3)12-9(13-8)14-4/h5-6H,1-2,4H3,(H,11,12,13). The summed E-state index contributed by atoms with van der Waals surface area (Å²) in [5.41, 5.74) is 0. The minimum Gasteiger partial charge on any atom is -0.449 e. The van der Waals surface area contributed by atoms with Crippen LogP contribution < -0.4 is 10.1 Å². The van der Waals surface area contributed by atoms with Crippen molar-refractivity contribution in [2.24, 2.45) is 0 Å². The van der Waals surface area contributed by atoms with Crippen LogP contribution in [0.1, 0.15) is 13.8 Å². The van der Waals surface area contributed by atoms with Crippen molar-refractivity contribution in [2.45, 2.75) is 19.9 Å². The molecule has 0 saturated heterocycles. The van der Waals surface area contributed by atoms with E-state index in [4.69, 9.17) is 11.3 Å². The van der Waals surface area contributed by atoms with Gasteiger partial charge in [0.15, 0.2) is 0 Å². The van der Waals surface area contributed by atoms with Crippen LogP contribution in [0.2, 0.25) is 0 Å². The molecule has 0 unspecified atom stereocenters. The third-order valence-corrected chi connectivity index (χ3v) is 1.43. The van der Waals surface area contributed by atoms with Crippen LogP contribution in [0.15, 0.2) is 6.07 Å². The van der Waals surface area contributed by atoms with Crippen molar-refractivity contribution in [3.63, 3.8) is 0 Å². The predicted molar refractivity (Wildman–Crippen MR) is 53.6 cm³/mol. The van der Waals surface area contributed by atoms with Crippen LogP contribution in [0.5, 0.6) is 6.01 Å². The molecule has 0 fully saturated rings. The van der Waals surface area contributed by atoms with Crippen molar-refractivity contribution in [2.75, 3.05) is 12.4 Å². The molecule has 0 saturated carbocycles. The van der Waals surface area contributed by atoms with Gasteiger partial charge < -0.3 is 14.9 Å². The molecule has 0 spiro atoms. The zero-order valence-corrected chi connectivity index (χ0v) is 8.40. The summed E-state index contributed by atoms with van der Waals surface area (Å²) in [5, 5.41) is 3.08. The average Bonchev–Trinajstić information content (AvgIpc) is 2.16. The lowest BCUT2D eigenvalue weighted by molar-refractivity contribution is 0.381. The van der Waals surface area contributed by atoms with E-state index in [0.29, 0.717) is 5.82 Å². The van der Waals surface area contributed by atoms with Crippen LogP contribution in [0.4, 0.5) is 11.6 Å². The Morgan fingerprint density at radius 3 is 2.71 bits per heavy atom. The fraction of sp³-hybridized carbons (Fsp3) is 0.444. The van der Waals surface area contributed by atoms with Gasteiger partial charge in [-0.2, -0.15) is 4.98 Å². The molecule has 1 aromatic rings. The minimum atomic E-state index is 0.210. The monoisotopic (exact) mass is 192 g/mol. The van der Waals surface area contributed by atoms with Crippen LogP contribution >= 0.6 is 0 Å². The summed E-state index contributed by atoms with van der Waals surface area (Å²) in [6.07, 6.45) is 0. The Kier molecular flexibility index (Phi) is 3.24. The third-order valence-electron chi connectivity index (χ3n) is 1.43. The summed E-state index contributed by atoms with van der Waals surface area (Å²) in [6.45, 7) is 10.8. The Balaban J connectivity index is 3.00. The van der Waals surface area contributed by atoms with Crippen LogP contribution in [0.3, 0.4) is 0 Å². The van der Waals surface area contributed by atoms with Gasteiger partial charge in [-0.1, -0.05) is 11.6 Å². The van der Waals surface area contributed by atoms with Gasteiger partial charge in [-0.05, 0) is 13.8 Å². The molecule has 0 radical (unpaired) electrons. The van der Waals surface area contributed by atoms with Crippen LogP contribution in [0, 0.1) is 6.57 Å². The molecule has 14 heavy (non-hydrogen) atoms. The van der Waals surface area contributed by atoms with Gasteiger partial charge >= 0.3 is 6.01 Å². The quantitative estimate of drug-likeness (QED) is 0.742. The first-order valence-electron chi connectivity index (χ1n) is 4.22. The topological polar surface area (TPSA) is 51.4 Å². The summed E-state index contributed by atoms with van der Waals surface area (Å²) in [4.78, 5) is 11.1. The normalized spacial score (nSPS) is 9.64. The Hall–Kier alpha value is -1.83. The van der Waals surface area contributed by atoms with E-state index in [1.165, 1.54) is 7.11 Å². The zero-order chi connectivity index (χ0) is 10.6. The summed E-state index contributed by atoms with van der Waals surface area (Å²) >= 11 is 0. The van der Waals surface area contributed by atoms with E-state index in [2.05, 4.69) is 20.1 Å². The molecule has 5 heteroatoms. The van der Waals surface area contributed by atoms with E-state index >= 15 is 0 Å². The van der Waals surface area contributed by atoms with E-state index in [-0.39, 0.29) is 17.9 Å². The van der Waals surface area contributed by atoms with Crippen LogP contribution in [0.25, 0.3) is 4.85 Å². The number of hydrogen-bond acceptors (Lipinski definition) is 4. The molecule has 0 amide bonds. The highest BCUT2D eigenvalue weighted by Gasteiger charge is 2.07. The average molecular weight is 192 g/mol. The highest BCUT2D eigenvalue weighted by atomic mass is 16.5. The Morgan fingerprint density at radius 2 is 2.21 bits per heavy atom. The maximum absolute atomic E-state index is 6.85. The lowest BCUT2D eigenvalue weighted by Gasteiger charge is -2.08. The fourth-order valence-corrected chi connectivity index (χ4v) is 0.931. The maximum atomic E-state index is 6.85. The van der Waals surface area contributed by atoms with Gasteiger partial charge in [-0.15, -0.1) is 0 Å². The second kappa shape index (κ2) is 4.42. The molecule has 0 aliphatic carbocycles. The van der Waals surface area contributed by atoms with Crippen LogP contribution in [-0.4, -0.2) is 23.1 Å². The number of methoxy groups -OCH3 is 1. The Labute approximate surface area is 83.0 Å². The number of nitrogens with zero attached hydrogens (tertiary/aromatic N) is 3. The molecule has 1 rings (SSSR count). The summed E-state index contributed by atoms with van der Waals surface area (Å²) in [7, 11) is 1.47. The SMILES string of the molecule is [C-]#[N+]c1cc(NC(C)C)nc(OC)n1. The van der Waals surface area contributed by atoms with Gasteiger partial charge in [0.2, 0.25) is 0 Å². The molecule has 1 heterocycles. The van der Waals surface area contributed by atoms with Gasteiger partial charge in [0.1, 0.15) is 5.82 Å². The predicted octanol–water partition coefficient (Wildman–Crippen LogP) is 1.86. The van der Waals surface area contributed by atoms with Crippen molar-refractivity contribution in [3.8, 4) is 6.01 Å². The van der Waals surface area contributed by atoms with Crippen molar-refractivity contribution >= 4 is 11.6 Å². The molecule has 0 atom stereocenters. The van der Waals surface area contributed by atoms with Crippen molar-refractivity contribution in [3.05, 3.63) is 17.5 Å². The molecule has 0 aromatic carbocycles. The molecule has 0 aliphatic heterocycles. The minimum absolute atomic E-state index is 0.210. The number of hydrogen-bond donors (Lipinski definition) is 1. The van der Waals surface area contributed by atoms with Crippen molar-refractivity contribution in [1.82, 2.24) is 9.97 Å². The first-order chi connectivity index (χ1) is 6.65. The molecular formula is C9H12N4O. The smallest absolute Gasteiger partial charge is 0.417 e. The molecule has 5 nitrogen and oxygen atoms in total. The summed E-state index contributed by atoms with van der Waals surface area (Å²) in [5.74, 6) is 0.887. The summed E-state index contributed by atoms with van der Waals surface area (Å²) < 4.78 is 4.87. The maximum Gasteiger partial charge on any atom is 0.417 e. The molecule has 1 N–H and O–H groups in total. The van der Waals surface area contributed by atoms with Gasteiger partial charge in [0.05, 0.1) is 7.11 Å². The van der Waals surface area contributed by atoms with Crippen molar-refractivity contribution < 1.29 is 4.74 Å². The number of nitrogens with one attached hydrogen (secondary N) is 1. The molecule has 74 valence electrons. The highest BCUT2D eigenvalue weighted by Crippen LogP contribution is 2.18. The van der Waals surface area contributed by atoms with Gasteiger partial charge in [-0.3, -0.25) is 0 Å². The van der Waals surface area contributed by atoms with E-state index in [1.807, 2.05) is 13.8 Å². The second-order valence-corrected chi connectivity index (χ2v) is 3.01. The largest absolute Gasteiger partial charge is 0.449 e. The lowest BCUT2D eigenvalue weighted by atomic mass is 10.4. The van der Waals surface area contributed by atoms with Gasteiger partial charge in [0, 0.05) is 12.1 Å². The lowest BCUT2D eigenvalue weighted by Crippen LogP contribution is -2.11. The van der Waals surface area contributed by atoms with E-state index in [1.54, 1.807) is 6.07 Å². The van der Waals surface area contributed by atoms with Gasteiger partial charge in [-0.25, -0.2) is 0 Å². The number of ether oxygens (including phenoxy) is 1. The van der Waals surface area contributed by atoms with Gasteiger partial charge in [0.25, 0.3) is 5.82 Å². The van der Waals surface area contributed by atoms with E-state index < -0.39 is 0 Å². The molecule has 1 aromatic heterocycles. The van der Waals surface area contributed by atoms with E-state index in [0.717, 1.165) is 0 Å². The first-order valence-corrected chi connectivity index (χ1v) is 4.22.